The van der Waals surface area contributed by atoms with Gasteiger partial charge in [-0.2, -0.15) is 0 Å². The van der Waals surface area contributed by atoms with Crippen LogP contribution in [0.2, 0.25) is 5.02 Å². The summed E-state index contributed by atoms with van der Waals surface area (Å²) in [6, 6.07) is 10.4. The standard InChI is InChI=1S/C18H17ClN4O3/c1-22-15-13(17(25)23(2)18(22)26)7-8-14(21-15)16(24)20-10-9-11-3-5-12(19)6-4-11/h3-8H,9-10H2,1-2H3,(H,20,24). The minimum atomic E-state index is -0.490. The zero-order valence-corrected chi connectivity index (χ0v) is 15.1. The molecule has 1 aromatic carbocycles. The molecule has 0 fully saturated rings. The summed E-state index contributed by atoms with van der Waals surface area (Å²) in [6.45, 7) is 0.426. The molecule has 0 bridgehead atoms. The minimum Gasteiger partial charge on any atom is -0.350 e. The number of aromatic nitrogens is 3. The van der Waals surface area contributed by atoms with Crippen molar-refractivity contribution in [3.63, 3.8) is 0 Å². The highest BCUT2D eigenvalue weighted by Gasteiger charge is 2.13. The second kappa shape index (κ2) is 7.13. The number of pyridine rings is 1. The minimum absolute atomic E-state index is 0.150. The van der Waals surface area contributed by atoms with Crippen LogP contribution in [0.1, 0.15) is 16.1 Å². The Labute approximate surface area is 153 Å². The van der Waals surface area contributed by atoms with Crippen molar-refractivity contribution in [2.24, 2.45) is 14.1 Å². The molecule has 0 aliphatic heterocycles. The van der Waals surface area contributed by atoms with E-state index in [0.29, 0.717) is 18.0 Å². The van der Waals surface area contributed by atoms with E-state index in [4.69, 9.17) is 11.6 Å². The van der Waals surface area contributed by atoms with E-state index < -0.39 is 11.2 Å². The average molecular weight is 373 g/mol. The number of hydrogen-bond acceptors (Lipinski definition) is 4. The molecule has 0 unspecified atom stereocenters. The molecule has 2 aromatic heterocycles. The monoisotopic (exact) mass is 372 g/mol. The van der Waals surface area contributed by atoms with Crippen molar-refractivity contribution in [2.75, 3.05) is 6.54 Å². The molecule has 0 spiro atoms. The topological polar surface area (TPSA) is 86.0 Å². The Bertz CT molecular complexity index is 1100. The Morgan fingerprint density at radius 2 is 1.77 bits per heavy atom. The normalized spacial score (nSPS) is 10.9. The quantitative estimate of drug-likeness (QED) is 0.747. The highest BCUT2D eigenvalue weighted by molar-refractivity contribution is 6.30. The van der Waals surface area contributed by atoms with Crippen molar-refractivity contribution in [2.45, 2.75) is 6.42 Å². The van der Waals surface area contributed by atoms with Crippen LogP contribution in [0.4, 0.5) is 0 Å². The third-order valence-corrected chi connectivity index (χ3v) is 4.40. The highest BCUT2D eigenvalue weighted by atomic mass is 35.5. The third kappa shape index (κ3) is 3.39. The van der Waals surface area contributed by atoms with Crippen molar-refractivity contribution >= 4 is 28.5 Å². The number of rotatable bonds is 4. The average Bonchev–Trinajstić information content (AvgIpc) is 2.65. The van der Waals surface area contributed by atoms with E-state index in [0.717, 1.165) is 10.1 Å². The molecule has 0 saturated heterocycles. The van der Waals surface area contributed by atoms with Gasteiger partial charge in [0.05, 0.1) is 5.39 Å². The number of halogens is 1. The second-order valence-electron chi connectivity index (χ2n) is 5.91. The SMILES string of the molecule is Cn1c(=O)c2ccc(C(=O)NCCc3ccc(Cl)cc3)nc2n(C)c1=O. The van der Waals surface area contributed by atoms with Gasteiger partial charge in [0.1, 0.15) is 11.3 Å². The van der Waals surface area contributed by atoms with Gasteiger partial charge in [-0.1, -0.05) is 23.7 Å². The van der Waals surface area contributed by atoms with Crippen molar-refractivity contribution in [3.8, 4) is 0 Å². The van der Waals surface area contributed by atoms with E-state index in [9.17, 15) is 14.4 Å². The Morgan fingerprint density at radius 1 is 1.08 bits per heavy atom. The molecule has 0 saturated carbocycles. The molecular weight excluding hydrogens is 356 g/mol. The summed E-state index contributed by atoms with van der Waals surface area (Å²) < 4.78 is 2.26. The molecule has 7 nitrogen and oxygen atoms in total. The van der Waals surface area contributed by atoms with Crippen molar-refractivity contribution < 1.29 is 4.79 Å². The van der Waals surface area contributed by atoms with Gasteiger partial charge in [-0.05, 0) is 36.2 Å². The van der Waals surface area contributed by atoms with E-state index in [1.54, 1.807) is 12.1 Å². The fourth-order valence-corrected chi connectivity index (χ4v) is 2.77. The molecule has 0 aliphatic rings. The lowest BCUT2D eigenvalue weighted by Crippen LogP contribution is -2.37. The fourth-order valence-electron chi connectivity index (χ4n) is 2.64. The molecule has 0 radical (unpaired) electrons. The summed E-state index contributed by atoms with van der Waals surface area (Å²) in [5.74, 6) is -0.367. The van der Waals surface area contributed by atoms with Gasteiger partial charge in [-0.15, -0.1) is 0 Å². The molecule has 3 aromatic rings. The number of carbonyl (C=O) groups excluding carboxylic acids is 1. The zero-order chi connectivity index (χ0) is 18.8. The number of nitrogens with zero attached hydrogens (tertiary/aromatic N) is 3. The molecule has 1 amide bonds. The largest absolute Gasteiger partial charge is 0.350 e. The van der Waals surface area contributed by atoms with Gasteiger partial charge in [0.25, 0.3) is 11.5 Å². The summed E-state index contributed by atoms with van der Waals surface area (Å²) >= 11 is 5.84. The zero-order valence-electron chi connectivity index (χ0n) is 14.3. The maximum absolute atomic E-state index is 12.3. The van der Waals surface area contributed by atoms with Crippen molar-refractivity contribution in [1.29, 1.82) is 0 Å². The van der Waals surface area contributed by atoms with Gasteiger partial charge < -0.3 is 5.32 Å². The van der Waals surface area contributed by atoms with E-state index in [1.807, 2.05) is 12.1 Å². The van der Waals surface area contributed by atoms with Crippen LogP contribution >= 0.6 is 11.6 Å². The number of aryl methyl sites for hydroxylation is 1. The first kappa shape index (κ1) is 17.9. The van der Waals surface area contributed by atoms with Crippen LogP contribution in [-0.2, 0) is 20.5 Å². The van der Waals surface area contributed by atoms with Gasteiger partial charge in [0.15, 0.2) is 0 Å². The van der Waals surface area contributed by atoms with E-state index in [2.05, 4.69) is 10.3 Å². The second-order valence-corrected chi connectivity index (χ2v) is 6.34. The number of fused-ring (bicyclic) bond motifs is 1. The van der Waals surface area contributed by atoms with Crippen LogP contribution in [0.5, 0.6) is 0 Å². The van der Waals surface area contributed by atoms with Crippen molar-refractivity contribution in [3.05, 3.63) is 73.5 Å². The van der Waals surface area contributed by atoms with Gasteiger partial charge in [-0.3, -0.25) is 18.7 Å². The molecule has 3 rings (SSSR count). The summed E-state index contributed by atoms with van der Waals surface area (Å²) in [5, 5.41) is 3.73. The Morgan fingerprint density at radius 3 is 2.46 bits per heavy atom. The third-order valence-electron chi connectivity index (χ3n) is 4.15. The maximum Gasteiger partial charge on any atom is 0.332 e. The van der Waals surface area contributed by atoms with Gasteiger partial charge in [-0.25, -0.2) is 9.78 Å². The van der Waals surface area contributed by atoms with Crippen LogP contribution in [0.3, 0.4) is 0 Å². The van der Waals surface area contributed by atoms with Gasteiger partial charge in [0.2, 0.25) is 0 Å². The summed E-state index contributed by atoms with van der Waals surface area (Å²) in [4.78, 5) is 40.7. The smallest absolute Gasteiger partial charge is 0.332 e. The van der Waals surface area contributed by atoms with E-state index in [-0.39, 0.29) is 22.6 Å². The first-order valence-corrected chi connectivity index (χ1v) is 8.35. The van der Waals surface area contributed by atoms with Crippen LogP contribution in [-0.4, -0.2) is 26.6 Å². The number of benzene rings is 1. The molecule has 2 heterocycles. The lowest BCUT2D eigenvalue weighted by Gasteiger charge is -2.09. The molecule has 26 heavy (non-hydrogen) atoms. The predicted octanol–water partition coefficient (Wildman–Crippen LogP) is 1.26. The summed E-state index contributed by atoms with van der Waals surface area (Å²) in [7, 11) is 2.92. The summed E-state index contributed by atoms with van der Waals surface area (Å²) in [6.07, 6.45) is 0.648. The van der Waals surface area contributed by atoms with Gasteiger partial charge >= 0.3 is 5.69 Å². The fraction of sp³-hybridized carbons (Fsp3) is 0.222. The molecule has 0 aliphatic carbocycles. The van der Waals surface area contributed by atoms with E-state index >= 15 is 0 Å². The Kier molecular flexibility index (Phi) is 4.90. The maximum atomic E-state index is 12.3. The first-order chi connectivity index (χ1) is 12.4. The lowest BCUT2D eigenvalue weighted by atomic mass is 10.1. The predicted molar refractivity (Wildman–Crippen MR) is 99.7 cm³/mol. The number of nitrogens with one attached hydrogen (secondary N) is 1. The van der Waals surface area contributed by atoms with Crippen LogP contribution in [0.15, 0.2) is 46.0 Å². The first-order valence-electron chi connectivity index (χ1n) is 7.98. The van der Waals surface area contributed by atoms with Gasteiger partial charge in [0, 0.05) is 25.7 Å². The Balaban J connectivity index is 1.79. The van der Waals surface area contributed by atoms with Crippen LogP contribution in [0, 0.1) is 0 Å². The van der Waals surface area contributed by atoms with Crippen LogP contribution in [0.25, 0.3) is 11.0 Å². The Hall–Kier alpha value is -2.93. The van der Waals surface area contributed by atoms with Crippen molar-refractivity contribution in [1.82, 2.24) is 19.4 Å². The molecule has 1 N–H and O–H groups in total. The van der Waals surface area contributed by atoms with E-state index in [1.165, 1.54) is 30.8 Å². The number of amides is 1. The highest BCUT2D eigenvalue weighted by Crippen LogP contribution is 2.10. The number of carbonyl (C=O) groups is 1. The molecule has 8 heteroatoms. The molecule has 0 atom stereocenters. The molecular formula is C18H17ClN4O3. The number of hydrogen-bond donors (Lipinski definition) is 1. The van der Waals surface area contributed by atoms with Crippen LogP contribution < -0.4 is 16.6 Å². The molecule has 134 valence electrons. The lowest BCUT2D eigenvalue weighted by molar-refractivity contribution is 0.0949. The summed E-state index contributed by atoms with van der Waals surface area (Å²) in [5.41, 5.74) is 0.452.